The number of benzene rings is 1. The monoisotopic (exact) mass is 427 g/mol. The predicted octanol–water partition coefficient (Wildman–Crippen LogP) is 2.78. The van der Waals surface area contributed by atoms with E-state index >= 15 is 0 Å². The van der Waals surface area contributed by atoms with Crippen LogP contribution >= 0.6 is 0 Å². The normalized spacial score (nSPS) is 15.8. The summed E-state index contributed by atoms with van der Waals surface area (Å²) in [5.74, 6) is -3.07. The van der Waals surface area contributed by atoms with Crippen molar-refractivity contribution in [2.75, 3.05) is 47.5 Å². The summed E-state index contributed by atoms with van der Waals surface area (Å²) < 4.78 is 39.1. The van der Waals surface area contributed by atoms with Gasteiger partial charge in [0.15, 0.2) is 17.1 Å². The second-order valence-electron chi connectivity index (χ2n) is 7.56. The van der Waals surface area contributed by atoms with Crippen molar-refractivity contribution < 1.29 is 28.2 Å². The van der Waals surface area contributed by atoms with E-state index in [0.29, 0.717) is 32.5 Å². The second-order valence-corrected chi connectivity index (χ2v) is 7.56. The van der Waals surface area contributed by atoms with E-state index in [1.165, 1.54) is 23.4 Å². The zero-order valence-corrected chi connectivity index (χ0v) is 17.9. The molecule has 0 unspecified atom stereocenters. The fraction of sp³-hybridized carbons (Fsp3) is 0.619. The van der Waals surface area contributed by atoms with Crippen LogP contribution in [-0.4, -0.2) is 80.2 Å². The molecule has 1 aliphatic carbocycles. The van der Waals surface area contributed by atoms with Crippen molar-refractivity contribution in [3.05, 3.63) is 29.3 Å². The third-order valence-electron chi connectivity index (χ3n) is 5.55. The largest absolute Gasteiger partial charge is 0.489 e. The third-order valence-corrected chi connectivity index (χ3v) is 5.55. The van der Waals surface area contributed by atoms with Crippen LogP contribution in [0.5, 0.6) is 5.75 Å². The molecule has 168 valence electrons. The number of carboxylic acid groups (broad SMARTS) is 1. The van der Waals surface area contributed by atoms with Gasteiger partial charge in [-0.1, -0.05) is 18.9 Å². The molecule has 0 radical (unpaired) electrons. The molecule has 0 bridgehead atoms. The van der Waals surface area contributed by atoms with E-state index in [-0.39, 0.29) is 24.3 Å². The van der Waals surface area contributed by atoms with Crippen LogP contribution in [0.1, 0.15) is 31.2 Å². The van der Waals surface area contributed by atoms with Crippen LogP contribution in [0.3, 0.4) is 0 Å². The molecule has 7 nitrogen and oxygen atoms in total. The van der Waals surface area contributed by atoms with Gasteiger partial charge in [-0.25, -0.2) is 9.18 Å². The molecule has 1 aromatic carbocycles. The first-order valence-electron chi connectivity index (χ1n) is 10.1. The van der Waals surface area contributed by atoms with Crippen LogP contribution in [-0.2, 0) is 16.0 Å². The molecule has 9 heteroatoms. The van der Waals surface area contributed by atoms with E-state index in [9.17, 15) is 18.7 Å². The van der Waals surface area contributed by atoms with Gasteiger partial charge in [-0.05, 0) is 31.5 Å². The molecule has 0 heterocycles. The SMILES string of the molecule is COCCN(C)CCOc1ccc(C/C=N/N(C)C2(C(=O)O)CCCC2)c(F)c1F. The first-order valence-corrected chi connectivity index (χ1v) is 10.1. The lowest BCUT2D eigenvalue weighted by Gasteiger charge is -2.32. The Morgan fingerprint density at radius 2 is 1.87 bits per heavy atom. The highest BCUT2D eigenvalue weighted by molar-refractivity contribution is 5.79. The number of carboxylic acids is 1. The highest BCUT2D eigenvalue weighted by Gasteiger charge is 2.45. The van der Waals surface area contributed by atoms with Crippen molar-refractivity contribution in [3.8, 4) is 5.75 Å². The van der Waals surface area contributed by atoms with E-state index < -0.39 is 23.1 Å². The van der Waals surface area contributed by atoms with Crippen LogP contribution in [0.2, 0.25) is 0 Å². The van der Waals surface area contributed by atoms with Gasteiger partial charge in [0.1, 0.15) is 6.61 Å². The molecule has 0 spiro atoms. The minimum atomic E-state index is -1.04. The number of methoxy groups -OCH3 is 1. The Kier molecular flexibility index (Phi) is 8.98. The maximum absolute atomic E-state index is 14.4. The quantitative estimate of drug-likeness (QED) is 0.408. The molecule has 0 amide bonds. The molecule has 1 aromatic rings. The lowest BCUT2D eigenvalue weighted by atomic mass is 9.98. The molecule has 0 aliphatic heterocycles. The van der Waals surface area contributed by atoms with E-state index in [1.807, 2.05) is 11.9 Å². The molecule has 2 rings (SSSR count). The predicted molar refractivity (Wildman–Crippen MR) is 110 cm³/mol. The first kappa shape index (κ1) is 24.0. The number of likely N-dealkylation sites (N-methyl/N-ethyl adjacent to an activating group) is 2. The number of ether oxygens (including phenoxy) is 2. The smallest absolute Gasteiger partial charge is 0.331 e. The Morgan fingerprint density at radius 1 is 1.20 bits per heavy atom. The van der Waals surface area contributed by atoms with Crippen molar-refractivity contribution in [2.24, 2.45) is 5.10 Å². The number of hydrazone groups is 1. The number of rotatable bonds is 12. The molecule has 1 N–H and O–H groups in total. The lowest BCUT2D eigenvalue weighted by Crippen LogP contribution is -2.48. The average Bonchev–Trinajstić information content (AvgIpc) is 3.22. The zero-order valence-electron chi connectivity index (χ0n) is 17.9. The summed E-state index contributed by atoms with van der Waals surface area (Å²) in [5.41, 5.74) is -0.890. The van der Waals surface area contributed by atoms with Gasteiger partial charge >= 0.3 is 5.97 Å². The Bertz CT molecular complexity index is 739. The van der Waals surface area contributed by atoms with Crippen LogP contribution in [0.25, 0.3) is 0 Å². The highest BCUT2D eigenvalue weighted by atomic mass is 19.2. The summed E-state index contributed by atoms with van der Waals surface area (Å²) in [6.45, 7) is 2.07. The molecule has 1 saturated carbocycles. The van der Waals surface area contributed by atoms with E-state index in [1.54, 1.807) is 14.2 Å². The Balaban J connectivity index is 1.93. The summed E-state index contributed by atoms with van der Waals surface area (Å²) in [6.07, 6.45) is 4.15. The van der Waals surface area contributed by atoms with E-state index in [2.05, 4.69) is 5.10 Å². The molecular weight excluding hydrogens is 396 g/mol. The summed E-state index contributed by atoms with van der Waals surface area (Å²) in [4.78, 5) is 13.6. The molecule has 0 atom stereocenters. The van der Waals surface area contributed by atoms with Crippen molar-refractivity contribution in [3.63, 3.8) is 0 Å². The van der Waals surface area contributed by atoms with E-state index in [4.69, 9.17) is 9.47 Å². The van der Waals surface area contributed by atoms with Gasteiger partial charge < -0.3 is 19.5 Å². The van der Waals surface area contributed by atoms with Crippen LogP contribution < -0.4 is 4.74 Å². The maximum atomic E-state index is 14.4. The fourth-order valence-corrected chi connectivity index (χ4v) is 3.52. The van der Waals surface area contributed by atoms with E-state index in [0.717, 1.165) is 12.8 Å². The zero-order chi connectivity index (χ0) is 22.1. The number of carbonyl (C=O) groups is 1. The van der Waals surface area contributed by atoms with Crippen LogP contribution in [0.15, 0.2) is 17.2 Å². The number of halogens is 2. The Morgan fingerprint density at radius 3 is 2.50 bits per heavy atom. The Hall–Kier alpha value is -2.26. The van der Waals surface area contributed by atoms with Gasteiger partial charge in [0, 0.05) is 39.9 Å². The number of hydrogen-bond acceptors (Lipinski definition) is 6. The van der Waals surface area contributed by atoms with Crippen LogP contribution in [0, 0.1) is 11.6 Å². The molecule has 1 fully saturated rings. The molecule has 0 saturated heterocycles. The van der Waals surface area contributed by atoms with Crippen molar-refractivity contribution >= 4 is 12.2 Å². The topological polar surface area (TPSA) is 74.6 Å². The number of aliphatic carboxylic acids is 1. The summed E-state index contributed by atoms with van der Waals surface area (Å²) in [6, 6.07) is 2.85. The number of hydrogen-bond donors (Lipinski definition) is 1. The lowest BCUT2D eigenvalue weighted by molar-refractivity contribution is -0.150. The minimum Gasteiger partial charge on any atom is -0.489 e. The van der Waals surface area contributed by atoms with Gasteiger partial charge in [0.2, 0.25) is 5.82 Å². The third kappa shape index (κ3) is 5.89. The highest BCUT2D eigenvalue weighted by Crippen LogP contribution is 2.35. The number of nitrogens with zero attached hydrogens (tertiary/aromatic N) is 3. The molecule has 0 aromatic heterocycles. The fourth-order valence-electron chi connectivity index (χ4n) is 3.52. The second kappa shape index (κ2) is 11.2. The maximum Gasteiger partial charge on any atom is 0.331 e. The first-order chi connectivity index (χ1) is 14.3. The average molecular weight is 427 g/mol. The van der Waals surface area contributed by atoms with Crippen molar-refractivity contribution in [2.45, 2.75) is 37.6 Å². The standard InChI is InChI=1S/C21H31F2N3O4/c1-25(12-14-29-3)13-15-30-17-7-6-16(18(22)19(17)23)8-11-24-26(2)21(20(27)28)9-4-5-10-21/h6-7,11H,4-5,8-10,12-15H2,1-3H3,(H,27,28)/b24-11+. The van der Waals surface area contributed by atoms with Gasteiger partial charge in [-0.3, -0.25) is 5.01 Å². The summed E-state index contributed by atoms with van der Waals surface area (Å²) in [5, 5.41) is 15.2. The molecule has 30 heavy (non-hydrogen) atoms. The van der Waals surface area contributed by atoms with Gasteiger partial charge in [0.25, 0.3) is 0 Å². The van der Waals surface area contributed by atoms with Gasteiger partial charge in [-0.15, -0.1) is 0 Å². The van der Waals surface area contributed by atoms with Gasteiger partial charge in [-0.2, -0.15) is 9.49 Å². The molecule has 1 aliphatic rings. The van der Waals surface area contributed by atoms with Crippen LogP contribution in [0.4, 0.5) is 8.78 Å². The van der Waals surface area contributed by atoms with Gasteiger partial charge in [0.05, 0.1) is 6.61 Å². The van der Waals surface area contributed by atoms with Crippen molar-refractivity contribution in [1.29, 1.82) is 0 Å². The van der Waals surface area contributed by atoms with Crippen molar-refractivity contribution in [1.82, 2.24) is 9.91 Å². The minimum absolute atomic E-state index is 0.0445. The summed E-state index contributed by atoms with van der Waals surface area (Å²) >= 11 is 0. The molecular formula is C21H31F2N3O4. The summed E-state index contributed by atoms with van der Waals surface area (Å²) in [7, 11) is 5.11. The Labute approximate surface area is 176 Å².